The molecule has 1 amide bonds. The van der Waals surface area contributed by atoms with Gasteiger partial charge in [-0.05, 0) is 39.7 Å². The molecule has 0 N–H and O–H groups in total. The molecule has 0 spiro atoms. The van der Waals surface area contributed by atoms with E-state index in [-0.39, 0.29) is 11.9 Å². The lowest BCUT2D eigenvalue weighted by atomic mass is 10.1. The molecule has 1 unspecified atom stereocenters. The number of hydrogen-bond donors (Lipinski definition) is 0. The number of amides is 1. The summed E-state index contributed by atoms with van der Waals surface area (Å²) in [7, 11) is 0. The van der Waals surface area contributed by atoms with Crippen molar-refractivity contribution in [1.82, 2.24) is 4.90 Å². The maximum Gasteiger partial charge on any atom is 0.257 e. The quantitative estimate of drug-likeness (QED) is 0.767. The van der Waals surface area contributed by atoms with Crippen LogP contribution in [0.4, 0.5) is 0 Å². The molecule has 1 aromatic heterocycles. The van der Waals surface area contributed by atoms with Gasteiger partial charge in [0.15, 0.2) is 0 Å². The lowest BCUT2D eigenvalue weighted by Crippen LogP contribution is -2.39. The molecular formula is C15H25NO2. The molecule has 0 bridgehead atoms. The van der Waals surface area contributed by atoms with Gasteiger partial charge in [0.1, 0.15) is 11.5 Å². The maximum absolute atomic E-state index is 12.6. The second-order valence-electron chi connectivity index (χ2n) is 4.94. The Hall–Kier alpha value is -1.25. The molecule has 1 heterocycles. The Balaban J connectivity index is 2.91. The van der Waals surface area contributed by atoms with Crippen LogP contribution in [0, 0.1) is 13.8 Å². The SMILES string of the molecule is CCCCN(C(=O)c1cc(C)oc1C)C(C)CC. The van der Waals surface area contributed by atoms with Crippen LogP contribution in [0.2, 0.25) is 0 Å². The molecule has 102 valence electrons. The van der Waals surface area contributed by atoms with Crippen LogP contribution in [0.15, 0.2) is 10.5 Å². The van der Waals surface area contributed by atoms with E-state index in [4.69, 9.17) is 4.42 Å². The fraction of sp³-hybridized carbons (Fsp3) is 0.667. The first-order chi connectivity index (χ1) is 8.51. The third-order valence-electron chi connectivity index (χ3n) is 3.41. The Morgan fingerprint density at radius 1 is 1.39 bits per heavy atom. The topological polar surface area (TPSA) is 33.5 Å². The molecule has 1 rings (SSSR count). The third-order valence-corrected chi connectivity index (χ3v) is 3.41. The molecule has 18 heavy (non-hydrogen) atoms. The molecule has 3 nitrogen and oxygen atoms in total. The van der Waals surface area contributed by atoms with Crippen LogP contribution in [0.1, 0.15) is 61.9 Å². The van der Waals surface area contributed by atoms with Gasteiger partial charge in [-0.3, -0.25) is 4.79 Å². The van der Waals surface area contributed by atoms with Gasteiger partial charge in [0.25, 0.3) is 5.91 Å². The zero-order chi connectivity index (χ0) is 13.7. The third kappa shape index (κ3) is 3.37. The van der Waals surface area contributed by atoms with Crippen molar-refractivity contribution in [3.63, 3.8) is 0 Å². The van der Waals surface area contributed by atoms with Crippen LogP contribution in [-0.4, -0.2) is 23.4 Å². The summed E-state index contributed by atoms with van der Waals surface area (Å²) < 4.78 is 5.46. The van der Waals surface area contributed by atoms with Gasteiger partial charge in [0, 0.05) is 12.6 Å². The summed E-state index contributed by atoms with van der Waals surface area (Å²) in [4.78, 5) is 14.5. The van der Waals surface area contributed by atoms with E-state index < -0.39 is 0 Å². The van der Waals surface area contributed by atoms with E-state index in [1.54, 1.807) is 0 Å². The zero-order valence-electron chi connectivity index (χ0n) is 12.2. The van der Waals surface area contributed by atoms with Crippen LogP contribution in [0.3, 0.4) is 0 Å². The highest BCUT2D eigenvalue weighted by atomic mass is 16.3. The average Bonchev–Trinajstić information content (AvgIpc) is 2.68. The summed E-state index contributed by atoms with van der Waals surface area (Å²) in [5, 5.41) is 0. The first kappa shape index (κ1) is 14.8. The van der Waals surface area contributed by atoms with Crippen LogP contribution in [0.25, 0.3) is 0 Å². The molecule has 3 heteroatoms. The van der Waals surface area contributed by atoms with Gasteiger partial charge >= 0.3 is 0 Å². The smallest absolute Gasteiger partial charge is 0.257 e. The van der Waals surface area contributed by atoms with Gasteiger partial charge in [-0.1, -0.05) is 20.3 Å². The highest BCUT2D eigenvalue weighted by Gasteiger charge is 2.23. The van der Waals surface area contributed by atoms with Crippen molar-refractivity contribution >= 4 is 5.91 Å². The Morgan fingerprint density at radius 3 is 2.50 bits per heavy atom. The van der Waals surface area contributed by atoms with E-state index in [1.165, 1.54) is 0 Å². The summed E-state index contributed by atoms with van der Waals surface area (Å²) in [5.41, 5.74) is 0.712. The maximum atomic E-state index is 12.6. The molecule has 0 aliphatic carbocycles. The van der Waals surface area contributed by atoms with Gasteiger partial charge in [-0.2, -0.15) is 0 Å². The minimum Gasteiger partial charge on any atom is -0.466 e. The number of aryl methyl sites for hydroxylation is 2. The van der Waals surface area contributed by atoms with E-state index >= 15 is 0 Å². The molecule has 0 aliphatic rings. The number of hydrogen-bond acceptors (Lipinski definition) is 2. The summed E-state index contributed by atoms with van der Waals surface area (Å²) in [6, 6.07) is 2.12. The van der Waals surface area contributed by atoms with Gasteiger partial charge < -0.3 is 9.32 Å². The highest BCUT2D eigenvalue weighted by Crippen LogP contribution is 2.18. The fourth-order valence-corrected chi connectivity index (χ4v) is 2.07. The summed E-state index contributed by atoms with van der Waals surface area (Å²) in [6.07, 6.45) is 3.13. The van der Waals surface area contributed by atoms with Crippen molar-refractivity contribution in [2.45, 2.75) is 59.9 Å². The lowest BCUT2D eigenvalue weighted by Gasteiger charge is -2.28. The molecule has 0 aliphatic heterocycles. The van der Waals surface area contributed by atoms with Crippen molar-refractivity contribution < 1.29 is 9.21 Å². The number of carbonyl (C=O) groups excluding carboxylic acids is 1. The van der Waals surface area contributed by atoms with Crippen molar-refractivity contribution in [2.24, 2.45) is 0 Å². The predicted molar refractivity (Wildman–Crippen MR) is 73.9 cm³/mol. The minimum absolute atomic E-state index is 0.104. The number of furan rings is 1. The monoisotopic (exact) mass is 251 g/mol. The normalized spacial score (nSPS) is 12.5. The number of unbranched alkanes of at least 4 members (excludes halogenated alkanes) is 1. The number of rotatable bonds is 6. The highest BCUT2D eigenvalue weighted by molar-refractivity contribution is 5.95. The van der Waals surface area contributed by atoms with E-state index in [2.05, 4.69) is 20.8 Å². The lowest BCUT2D eigenvalue weighted by molar-refractivity contribution is 0.0683. The Labute approximate surface area is 110 Å². The zero-order valence-corrected chi connectivity index (χ0v) is 12.2. The first-order valence-electron chi connectivity index (χ1n) is 6.89. The van der Waals surface area contributed by atoms with Gasteiger partial charge in [0.05, 0.1) is 5.56 Å². The molecule has 1 aromatic rings. The molecule has 1 atom stereocenters. The van der Waals surface area contributed by atoms with Gasteiger partial charge in [-0.15, -0.1) is 0 Å². The van der Waals surface area contributed by atoms with Crippen molar-refractivity contribution in [3.8, 4) is 0 Å². The number of carbonyl (C=O) groups is 1. The summed E-state index contributed by atoms with van der Waals surface area (Å²) in [5.74, 6) is 1.63. The number of nitrogens with zero attached hydrogens (tertiary/aromatic N) is 1. The van der Waals surface area contributed by atoms with E-state index in [1.807, 2.05) is 24.8 Å². The summed E-state index contributed by atoms with van der Waals surface area (Å²) >= 11 is 0. The van der Waals surface area contributed by atoms with E-state index in [9.17, 15) is 4.79 Å². The second kappa shape index (κ2) is 6.62. The largest absolute Gasteiger partial charge is 0.466 e. The van der Waals surface area contributed by atoms with Crippen LogP contribution >= 0.6 is 0 Å². The second-order valence-corrected chi connectivity index (χ2v) is 4.94. The van der Waals surface area contributed by atoms with Crippen LogP contribution in [0.5, 0.6) is 0 Å². The average molecular weight is 251 g/mol. The molecule has 0 saturated heterocycles. The molecule has 0 radical (unpaired) electrons. The Morgan fingerprint density at radius 2 is 2.06 bits per heavy atom. The Bertz CT molecular complexity index is 395. The minimum atomic E-state index is 0.104. The standard InChI is InChI=1S/C15H25NO2/c1-6-8-9-16(11(3)7-2)15(17)14-10-12(4)18-13(14)5/h10-11H,6-9H2,1-5H3. The molecule has 0 saturated carbocycles. The van der Waals surface area contributed by atoms with Crippen molar-refractivity contribution in [2.75, 3.05) is 6.54 Å². The molecular weight excluding hydrogens is 226 g/mol. The van der Waals surface area contributed by atoms with Gasteiger partial charge in [-0.25, -0.2) is 0 Å². The first-order valence-corrected chi connectivity index (χ1v) is 6.89. The Kier molecular flexibility index (Phi) is 5.45. The van der Waals surface area contributed by atoms with Crippen LogP contribution in [-0.2, 0) is 0 Å². The molecule has 0 fully saturated rings. The van der Waals surface area contributed by atoms with E-state index in [0.29, 0.717) is 5.56 Å². The fourth-order valence-electron chi connectivity index (χ4n) is 2.07. The van der Waals surface area contributed by atoms with E-state index in [0.717, 1.165) is 37.3 Å². The van der Waals surface area contributed by atoms with Gasteiger partial charge in [0.2, 0.25) is 0 Å². The van der Waals surface area contributed by atoms with Crippen LogP contribution < -0.4 is 0 Å². The predicted octanol–water partition coefficient (Wildman–Crippen LogP) is 3.94. The summed E-state index contributed by atoms with van der Waals surface area (Å²) in [6.45, 7) is 10.9. The molecule has 0 aromatic carbocycles. The van der Waals surface area contributed by atoms with Crippen molar-refractivity contribution in [3.05, 3.63) is 23.2 Å². The van der Waals surface area contributed by atoms with Crippen molar-refractivity contribution in [1.29, 1.82) is 0 Å².